The predicted molar refractivity (Wildman–Crippen MR) is 74.9 cm³/mol. The van der Waals surface area contributed by atoms with Gasteiger partial charge in [0.2, 0.25) is 0 Å². The SMILES string of the molecule is CCCNc1cc(N(C)C2CCSC2)ncn1. The zero-order chi connectivity index (χ0) is 12.1. The van der Waals surface area contributed by atoms with Crippen LogP contribution in [0.5, 0.6) is 0 Å². The van der Waals surface area contributed by atoms with Crippen molar-refractivity contribution in [2.45, 2.75) is 25.8 Å². The maximum Gasteiger partial charge on any atom is 0.134 e. The van der Waals surface area contributed by atoms with Gasteiger partial charge in [0, 0.05) is 31.5 Å². The average Bonchev–Trinajstić information content (AvgIpc) is 2.89. The van der Waals surface area contributed by atoms with E-state index in [0.717, 1.165) is 24.6 Å². The molecule has 0 bridgehead atoms. The second kappa shape index (κ2) is 6.10. The average molecular weight is 252 g/mol. The molecule has 0 radical (unpaired) electrons. The second-order valence-corrected chi connectivity index (χ2v) is 5.47. The first kappa shape index (κ1) is 12.5. The van der Waals surface area contributed by atoms with Crippen LogP contribution in [-0.4, -0.2) is 41.1 Å². The van der Waals surface area contributed by atoms with Crippen molar-refractivity contribution in [1.82, 2.24) is 9.97 Å². The maximum atomic E-state index is 4.36. The fraction of sp³-hybridized carbons (Fsp3) is 0.667. The van der Waals surface area contributed by atoms with E-state index in [1.54, 1.807) is 6.33 Å². The number of hydrogen-bond acceptors (Lipinski definition) is 5. The molecular weight excluding hydrogens is 232 g/mol. The van der Waals surface area contributed by atoms with Gasteiger partial charge in [0.05, 0.1) is 0 Å². The molecule has 4 nitrogen and oxygen atoms in total. The molecule has 5 heteroatoms. The van der Waals surface area contributed by atoms with Crippen LogP contribution < -0.4 is 10.2 Å². The molecule has 1 unspecified atom stereocenters. The number of aromatic nitrogens is 2. The lowest BCUT2D eigenvalue weighted by Gasteiger charge is -2.24. The normalized spacial score (nSPS) is 19.3. The van der Waals surface area contributed by atoms with Crippen LogP contribution in [0.25, 0.3) is 0 Å². The van der Waals surface area contributed by atoms with Crippen molar-refractivity contribution in [3.05, 3.63) is 12.4 Å². The van der Waals surface area contributed by atoms with Gasteiger partial charge in [-0.3, -0.25) is 0 Å². The minimum Gasteiger partial charge on any atom is -0.370 e. The molecular formula is C12H20N4S. The van der Waals surface area contributed by atoms with Crippen LogP contribution in [0.15, 0.2) is 12.4 Å². The Balaban J connectivity index is 2.03. The van der Waals surface area contributed by atoms with E-state index in [9.17, 15) is 0 Å². The van der Waals surface area contributed by atoms with Gasteiger partial charge in [0.1, 0.15) is 18.0 Å². The van der Waals surface area contributed by atoms with Crippen LogP contribution in [0.1, 0.15) is 19.8 Å². The van der Waals surface area contributed by atoms with E-state index in [4.69, 9.17) is 0 Å². The van der Waals surface area contributed by atoms with Crippen molar-refractivity contribution in [2.24, 2.45) is 0 Å². The molecule has 2 rings (SSSR count). The van der Waals surface area contributed by atoms with Gasteiger partial charge in [-0.2, -0.15) is 11.8 Å². The molecule has 1 aromatic heterocycles. The molecule has 17 heavy (non-hydrogen) atoms. The number of thioether (sulfide) groups is 1. The summed E-state index contributed by atoms with van der Waals surface area (Å²) in [4.78, 5) is 10.9. The molecule has 1 aromatic rings. The standard InChI is InChI=1S/C12H20N4S/c1-3-5-13-11-7-12(15-9-14-11)16(2)10-4-6-17-8-10/h7,9-10H,3-6,8H2,1-2H3,(H,13,14,15). The van der Waals surface area contributed by atoms with Crippen LogP contribution in [0.4, 0.5) is 11.6 Å². The van der Waals surface area contributed by atoms with E-state index in [2.05, 4.69) is 34.2 Å². The Bertz CT molecular complexity index is 352. The van der Waals surface area contributed by atoms with E-state index >= 15 is 0 Å². The first-order valence-corrected chi connectivity index (χ1v) is 7.33. The third kappa shape index (κ3) is 3.25. The summed E-state index contributed by atoms with van der Waals surface area (Å²) >= 11 is 2.02. The van der Waals surface area contributed by atoms with Gasteiger partial charge in [0.15, 0.2) is 0 Å². The molecule has 1 aliphatic rings. The zero-order valence-corrected chi connectivity index (χ0v) is 11.3. The molecule has 0 amide bonds. The van der Waals surface area contributed by atoms with Crippen molar-refractivity contribution < 1.29 is 0 Å². The van der Waals surface area contributed by atoms with Gasteiger partial charge in [-0.25, -0.2) is 9.97 Å². The van der Waals surface area contributed by atoms with Gasteiger partial charge in [0.25, 0.3) is 0 Å². The molecule has 0 aromatic carbocycles. The third-order valence-corrected chi connectivity index (χ3v) is 4.17. The molecule has 0 aliphatic carbocycles. The largest absolute Gasteiger partial charge is 0.370 e. The summed E-state index contributed by atoms with van der Waals surface area (Å²) in [6.45, 7) is 3.11. The topological polar surface area (TPSA) is 41.0 Å². The monoisotopic (exact) mass is 252 g/mol. The van der Waals surface area contributed by atoms with Crippen molar-refractivity contribution in [3.8, 4) is 0 Å². The number of rotatable bonds is 5. The number of nitrogens with one attached hydrogen (secondary N) is 1. The maximum absolute atomic E-state index is 4.36. The van der Waals surface area contributed by atoms with Crippen molar-refractivity contribution in [1.29, 1.82) is 0 Å². The van der Waals surface area contributed by atoms with Gasteiger partial charge in [-0.05, 0) is 18.6 Å². The highest BCUT2D eigenvalue weighted by Crippen LogP contribution is 2.25. The highest BCUT2D eigenvalue weighted by Gasteiger charge is 2.21. The Hall–Kier alpha value is -0.970. The molecule has 1 saturated heterocycles. The van der Waals surface area contributed by atoms with E-state index in [1.165, 1.54) is 17.9 Å². The van der Waals surface area contributed by atoms with Gasteiger partial charge in [-0.1, -0.05) is 6.92 Å². The van der Waals surface area contributed by atoms with E-state index in [1.807, 2.05) is 17.8 Å². The zero-order valence-electron chi connectivity index (χ0n) is 10.5. The van der Waals surface area contributed by atoms with Crippen LogP contribution in [0.3, 0.4) is 0 Å². The fourth-order valence-corrected chi connectivity index (χ4v) is 3.17. The van der Waals surface area contributed by atoms with Crippen molar-refractivity contribution >= 4 is 23.4 Å². The lowest BCUT2D eigenvalue weighted by molar-refractivity contribution is 0.690. The number of nitrogens with zero attached hydrogens (tertiary/aromatic N) is 3. The Morgan fingerprint density at radius 1 is 1.53 bits per heavy atom. The second-order valence-electron chi connectivity index (χ2n) is 4.32. The first-order chi connectivity index (χ1) is 8.31. The molecule has 1 fully saturated rings. The van der Waals surface area contributed by atoms with Gasteiger partial charge < -0.3 is 10.2 Å². The summed E-state index contributed by atoms with van der Waals surface area (Å²) in [6.07, 6.45) is 4.00. The summed E-state index contributed by atoms with van der Waals surface area (Å²) in [5, 5.41) is 3.30. The molecule has 94 valence electrons. The van der Waals surface area contributed by atoms with Crippen LogP contribution in [0.2, 0.25) is 0 Å². The molecule has 0 saturated carbocycles. The minimum atomic E-state index is 0.619. The van der Waals surface area contributed by atoms with Gasteiger partial charge in [-0.15, -0.1) is 0 Å². The first-order valence-electron chi connectivity index (χ1n) is 6.17. The smallest absolute Gasteiger partial charge is 0.134 e. The Labute approximate surface area is 107 Å². The molecule has 1 N–H and O–H groups in total. The lowest BCUT2D eigenvalue weighted by atomic mass is 10.2. The highest BCUT2D eigenvalue weighted by atomic mass is 32.2. The summed E-state index contributed by atoms with van der Waals surface area (Å²) in [5.41, 5.74) is 0. The van der Waals surface area contributed by atoms with E-state index in [0.29, 0.717) is 6.04 Å². The van der Waals surface area contributed by atoms with Crippen molar-refractivity contribution in [3.63, 3.8) is 0 Å². The number of anilines is 2. The lowest BCUT2D eigenvalue weighted by Crippen LogP contribution is -2.32. The van der Waals surface area contributed by atoms with E-state index in [-0.39, 0.29) is 0 Å². The van der Waals surface area contributed by atoms with Crippen molar-refractivity contribution in [2.75, 3.05) is 35.3 Å². The fourth-order valence-electron chi connectivity index (χ4n) is 1.90. The Kier molecular flexibility index (Phi) is 4.48. The quantitative estimate of drug-likeness (QED) is 0.870. The Morgan fingerprint density at radius 2 is 2.41 bits per heavy atom. The molecule has 1 aliphatic heterocycles. The summed E-state index contributed by atoms with van der Waals surface area (Å²) in [5.74, 6) is 4.42. The Morgan fingerprint density at radius 3 is 3.12 bits per heavy atom. The van der Waals surface area contributed by atoms with Crippen LogP contribution in [-0.2, 0) is 0 Å². The molecule has 1 atom stereocenters. The van der Waals surface area contributed by atoms with Gasteiger partial charge >= 0.3 is 0 Å². The summed E-state index contributed by atoms with van der Waals surface area (Å²) < 4.78 is 0. The highest BCUT2D eigenvalue weighted by molar-refractivity contribution is 7.99. The third-order valence-electron chi connectivity index (χ3n) is 3.02. The van der Waals surface area contributed by atoms with Crippen LogP contribution in [0, 0.1) is 0 Å². The summed E-state index contributed by atoms with van der Waals surface area (Å²) in [6, 6.07) is 2.66. The van der Waals surface area contributed by atoms with E-state index < -0.39 is 0 Å². The minimum absolute atomic E-state index is 0.619. The number of hydrogen-bond donors (Lipinski definition) is 1. The summed E-state index contributed by atoms with van der Waals surface area (Å²) in [7, 11) is 2.13. The molecule has 2 heterocycles. The molecule has 0 spiro atoms. The van der Waals surface area contributed by atoms with Crippen LogP contribution >= 0.6 is 11.8 Å². The predicted octanol–water partition coefficient (Wildman–Crippen LogP) is 2.24.